The zero-order valence-electron chi connectivity index (χ0n) is 12.4. The molecule has 6 heteroatoms. The average molecular weight is 304 g/mol. The van der Waals surface area contributed by atoms with Crippen LogP contribution >= 0.6 is 11.3 Å². The van der Waals surface area contributed by atoms with Gasteiger partial charge in [0.2, 0.25) is 0 Å². The molecule has 0 spiro atoms. The molecule has 1 aromatic heterocycles. The highest BCUT2D eigenvalue weighted by molar-refractivity contribution is 7.90. The fraction of sp³-hybridized carbons (Fsp3) is 0.769. The van der Waals surface area contributed by atoms with Crippen LogP contribution in [0, 0.1) is 0 Å². The van der Waals surface area contributed by atoms with Crippen molar-refractivity contribution in [2.24, 2.45) is 0 Å². The monoisotopic (exact) mass is 304 g/mol. The van der Waals surface area contributed by atoms with Crippen molar-refractivity contribution in [2.75, 3.05) is 12.8 Å². The molecule has 0 radical (unpaired) electrons. The van der Waals surface area contributed by atoms with E-state index in [1.165, 1.54) is 11.3 Å². The maximum atomic E-state index is 11.9. The van der Waals surface area contributed by atoms with Crippen LogP contribution < -0.4 is 5.32 Å². The van der Waals surface area contributed by atoms with E-state index in [4.69, 9.17) is 0 Å². The minimum atomic E-state index is -3.02. The summed E-state index contributed by atoms with van der Waals surface area (Å²) >= 11 is 1.51. The van der Waals surface area contributed by atoms with Gasteiger partial charge >= 0.3 is 0 Å². The highest BCUT2D eigenvalue weighted by Crippen LogP contribution is 2.30. The summed E-state index contributed by atoms with van der Waals surface area (Å²) in [7, 11) is -1.13. The molecule has 0 atom stereocenters. The SMILES string of the molecule is CCCS(=O)(=O)Cc1nc(C(C)(C)C)c(CNC)s1. The fourth-order valence-corrected chi connectivity index (χ4v) is 4.97. The first-order valence-corrected chi connectivity index (χ1v) is 9.17. The summed E-state index contributed by atoms with van der Waals surface area (Å²) in [6.45, 7) is 8.92. The van der Waals surface area contributed by atoms with Gasteiger partial charge in [-0.15, -0.1) is 11.3 Å². The van der Waals surface area contributed by atoms with E-state index in [0.29, 0.717) is 11.4 Å². The summed E-state index contributed by atoms with van der Waals surface area (Å²) in [5.74, 6) is 0.303. The van der Waals surface area contributed by atoms with Gasteiger partial charge in [0.15, 0.2) is 9.84 Å². The zero-order chi connectivity index (χ0) is 14.7. The minimum absolute atomic E-state index is 0.0601. The molecule has 0 saturated carbocycles. The molecule has 19 heavy (non-hydrogen) atoms. The Morgan fingerprint density at radius 3 is 2.42 bits per heavy atom. The lowest BCUT2D eigenvalue weighted by Gasteiger charge is -2.17. The molecule has 1 N–H and O–H groups in total. The summed E-state index contributed by atoms with van der Waals surface area (Å²) in [5.41, 5.74) is 0.948. The maximum absolute atomic E-state index is 11.9. The van der Waals surface area contributed by atoms with Crippen molar-refractivity contribution in [3.05, 3.63) is 15.6 Å². The predicted octanol–water partition coefficient (Wildman–Crippen LogP) is 2.48. The van der Waals surface area contributed by atoms with Gasteiger partial charge in [0.25, 0.3) is 0 Å². The number of thiazole rings is 1. The van der Waals surface area contributed by atoms with Crippen molar-refractivity contribution in [3.8, 4) is 0 Å². The fourth-order valence-electron chi connectivity index (χ4n) is 1.90. The molecule has 0 unspecified atom stereocenters. The Hall–Kier alpha value is -0.460. The summed E-state index contributed by atoms with van der Waals surface area (Å²) in [6, 6.07) is 0. The molecule has 0 bridgehead atoms. The summed E-state index contributed by atoms with van der Waals surface area (Å²) < 4.78 is 23.8. The van der Waals surface area contributed by atoms with Crippen LogP contribution in [0.4, 0.5) is 0 Å². The minimum Gasteiger partial charge on any atom is -0.315 e. The van der Waals surface area contributed by atoms with Crippen molar-refractivity contribution >= 4 is 21.2 Å². The molecule has 0 aromatic carbocycles. The van der Waals surface area contributed by atoms with Gasteiger partial charge in [0.05, 0.1) is 11.4 Å². The quantitative estimate of drug-likeness (QED) is 0.877. The van der Waals surface area contributed by atoms with E-state index in [1.54, 1.807) is 0 Å². The van der Waals surface area contributed by atoms with Crippen LogP contribution in [-0.2, 0) is 27.5 Å². The van der Waals surface area contributed by atoms with Crippen molar-refractivity contribution in [1.29, 1.82) is 0 Å². The molecule has 110 valence electrons. The zero-order valence-corrected chi connectivity index (χ0v) is 14.0. The lowest BCUT2D eigenvalue weighted by Crippen LogP contribution is -2.17. The smallest absolute Gasteiger partial charge is 0.156 e. The van der Waals surface area contributed by atoms with E-state index in [1.807, 2.05) is 14.0 Å². The molecule has 4 nitrogen and oxygen atoms in total. The van der Waals surface area contributed by atoms with Gasteiger partial charge in [-0.05, 0) is 13.5 Å². The normalized spacial score (nSPS) is 12.9. The molecule has 0 amide bonds. The van der Waals surface area contributed by atoms with Crippen LogP contribution in [0.5, 0.6) is 0 Å². The Kier molecular flexibility index (Phi) is 5.53. The second-order valence-corrected chi connectivity index (χ2v) is 9.10. The largest absolute Gasteiger partial charge is 0.315 e. The van der Waals surface area contributed by atoms with Crippen molar-refractivity contribution in [1.82, 2.24) is 10.3 Å². The third-order valence-corrected chi connectivity index (χ3v) is 5.63. The van der Waals surface area contributed by atoms with Crippen LogP contribution in [0.1, 0.15) is 49.7 Å². The lowest BCUT2D eigenvalue weighted by molar-refractivity contribution is 0.561. The lowest BCUT2D eigenvalue weighted by atomic mass is 9.91. The van der Waals surface area contributed by atoms with Gasteiger partial charge in [0, 0.05) is 16.8 Å². The van der Waals surface area contributed by atoms with E-state index in [2.05, 4.69) is 31.1 Å². The van der Waals surface area contributed by atoms with E-state index in [-0.39, 0.29) is 16.9 Å². The Morgan fingerprint density at radius 2 is 1.95 bits per heavy atom. The molecule has 1 heterocycles. The molecule has 1 rings (SSSR count). The summed E-state index contributed by atoms with van der Waals surface area (Å²) in [5, 5.41) is 3.83. The third-order valence-electron chi connectivity index (χ3n) is 2.65. The number of nitrogens with one attached hydrogen (secondary N) is 1. The van der Waals surface area contributed by atoms with E-state index in [0.717, 1.165) is 17.1 Å². The number of hydrogen-bond donors (Lipinski definition) is 1. The van der Waals surface area contributed by atoms with Crippen LogP contribution in [-0.4, -0.2) is 26.2 Å². The highest BCUT2D eigenvalue weighted by Gasteiger charge is 2.24. The molecule has 0 aliphatic carbocycles. The summed E-state index contributed by atoms with van der Waals surface area (Å²) in [6.07, 6.45) is 0.656. The van der Waals surface area contributed by atoms with Gasteiger partial charge in [0.1, 0.15) is 10.8 Å². The van der Waals surface area contributed by atoms with Crippen LogP contribution in [0.25, 0.3) is 0 Å². The predicted molar refractivity (Wildman–Crippen MR) is 81.4 cm³/mol. The van der Waals surface area contributed by atoms with Crippen molar-refractivity contribution < 1.29 is 8.42 Å². The highest BCUT2D eigenvalue weighted by atomic mass is 32.2. The average Bonchev–Trinajstić information content (AvgIpc) is 2.60. The molecule has 0 saturated heterocycles. The molecular formula is C13H24N2O2S2. The van der Waals surface area contributed by atoms with Gasteiger partial charge in [-0.3, -0.25) is 0 Å². The van der Waals surface area contributed by atoms with E-state index >= 15 is 0 Å². The number of aromatic nitrogens is 1. The number of sulfone groups is 1. The van der Waals surface area contributed by atoms with Crippen LogP contribution in [0.15, 0.2) is 0 Å². The van der Waals surface area contributed by atoms with Crippen molar-refractivity contribution in [3.63, 3.8) is 0 Å². The number of rotatable bonds is 6. The van der Waals surface area contributed by atoms with Crippen LogP contribution in [0.2, 0.25) is 0 Å². The molecule has 0 fully saturated rings. The number of hydrogen-bond acceptors (Lipinski definition) is 5. The Morgan fingerprint density at radius 1 is 1.32 bits per heavy atom. The van der Waals surface area contributed by atoms with Gasteiger partial charge in [-0.1, -0.05) is 27.7 Å². The van der Waals surface area contributed by atoms with Gasteiger partial charge < -0.3 is 5.32 Å². The number of nitrogens with zero attached hydrogens (tertiary/aromatic N) is 1. The Labute approximate surface area is 120 Å². The standard InChI is InChI=1S/C13H24N2O2S2/c1-6-7-19(16,17)9-11-15-12(13(2,3)4)10(18-11)8-14-5/h14H,6-9H2,1-5H3. The first kappa shape index (κ1) is 16.6. The third kappa shape index (κ3) is 4.85. The first-order valence-electron chi connectivity index (χ1n) is 6.53. The molecular weight excluding hydrogens is 280 g/mol. The molecule has 0 aliphatic rings. The Bertz CT molecular complexity index is 513. The van der Waals surface area contributed by atoms with Crippen LogP contribution in [0.3, 0.4) is 0 Å². The second kappa shape index (κ2) is 6.33. The second-order valence-electron chi connectivity index (χ2n) is 5.75. The summed E-state index contributed by atoms with van der Waals surface area (Å²) in [4.78, 5) is 5.70. The van der Waals surface area contributed by atoms with Gasteiger partial charge in [-0.2, -0.15) is 0 Å². The maximum Gasteiger partial charge on any atom is 0.156 e. The molecule has 1 aromatic rings. The van der Waals surface area contributed by atoms with E-state index < -0.39 is 9.84 Å². The molecule has 0 aliphatic heterocycles. The topological polar surface area (TPSA) is 59.1 Å². The van der Waals surface area contributed by atoms with Gasteiger partial charge in [-0.25, -0.2) is 13.4 Å². The van der Waals surface area contributed by atoms with E-state index in [9.17, 15) is 8.42 Å². The van der Waals surface area contributed by atoms with Crippen molar-refractivity contribution in [2.45, 2.75) is 51.8 Å². The Balaban J connectivity index is 3.05. The first-order chi connectivity index (χ1) is 8.69.